The summed E-state index contributed by atoms with van der Waals surface area (Å²) in [6.07, 6.45) is 3.86. The van der Waals surface area contributed by atoms with Crippen LogP contribution in [0.25, 0.3) is 0 Å². The number of carbonyl (C=O) groups excluding carboxylic acids is 1. The second-order valence-corrected chi connectivity index (χ2v) is 8.50. The lowest BCUT2D eigenvalue weighted by Crippen LogP contribution is -2.48. The van der Waals surface area contributed by atoms with Gasteiger partial charge in [-0.25, -0.2) is 4.98 Å². The van der Waals surface area contributed by atoms with Gasteiger partial charge in [0.05, 0.1) is 11.6 Å². The number of hydrogen-bond acceptors (Lipinski definition) is 5. The molecule has 1 saturated heterocycles. The first kappa shape index (κ1) is 20.4. The third-order valence-electron chi connectivity index (χ3n) is 6.69. The summed E-state index contributed by atoms with van der Waals surface area (Å²) in [6, 6.07) is 12.5. The molecule has 1 fully saturated rings. The predicted octanol–water partition coefficient (Wildman–Crippen LogP) is 3.96. The number of aromatic nitrogens is 1. The van der Waals surface area contributed by atoms with E-state index in [1.54, 1.807) is 19.2 Å². The Morgan fingerprint density at radius 1 is 1.23 bits per heavy atom. The van der Waals surface area contributed by atoms with Crippen LogP contribution >= 0.6 is 0 Å². The van der Waals surface area contributed by atoms with Crippen LogP contribution in [0.5, 0.6) is 0 Å². The lowest BCUT2D eigenvalue weighted by atomic mass is 9.80. The maximum absolute atomic E-state index is 12.5. The molecule has 2 aromatic rings. The Balaban J connectivity index is 1.74. The fourth-order valence-electron chi connectivity index (χ4n) is 4.84. The van der Waals surface area contributed by atoms with Gasteiger partial charge in [-0.3, -0.25) is 4.79 Å². The molecule has 156 valence electrons. The maximum Gasteiger partial charge on any atom is 0.224 e. The van der Waals surface area contributed by atoms with Crippen molar-refractivity contribution in [1.29, 1.82) is 5.26 Å². The van der Waals surface area contributed by atoms with E-state index in [1.165, 1.54) is 5.56 Å². The SMILES string of the molecule is CC(=O)N1c2ccc(C3CCNCC3)cc2[C@H](Nc2ccc(C#N)cn2)[C@@H](C)[C@@H]1C. The molecule has 4 rings (SSSR count). The van der Waals surface area contributed by atoms with Crippen molar-refractivity contribution in [2.24, 2.45) is 5.92 Å². The third kappa shape index (κ3) is 3.78. The van der Waals surface area contributed by atoms with Crippen LogP contribution in [-0.4, -0.2) is 30.0 Å². The lowest BCUT2D eigenvalue weighted by Gasteiger charge is -2.44. The number of carbonyl (C=O) groups is 1. The van der Waals surface area contributed by atoms with Crippen LogP contribution in [0.4, 0.5) is 11.5 Å². The van der Waals surface area contributed by atoms with E-state index in [1.807, 2.05) is 11.0 Å². The zero-order valence-electron chi connectivity index (χ0n) is 17.9. The molecule has 0 radical (unpaired) electrons. The van der Waals surface area contributed by atoms with Crippen molar-refractivity contribution >= 4 is 17.4 Å². The zero-order chi connectivity index (χ0) is 21.3. The Hall–Kier alpha value is -2.91. The van der Waals surface area contributed by atoms with E-state index >= 15 is 0 Å². The molecule has 3 atom stereocenters. The number of pyridine rings is 1. The number of nitrogens with zero attached hydrogens (tertiary/aromatic N) is 3. The molecule has 0 bridgehead atoms. The second-order valence-electron chi connectivity index (χ2n) is 8.50. The number of nitrogens with one attached hydrogen (secondary N) is 2. The topological polar surface area (TPSA) is 81.0 Å². The van der Waals surface area contributed by atoms with Gasteiger partial charge in [-0.2, -0.15) is 5.26 Å². The molecule has 1 amide bonds. The number of nitriles is 1. The summed E-state index contributed by atoms with van der Waals surface area (Å²) in [5, 5.41) is 16.1. The van der Waals surface area contributed by atoms with E-state index in [0.717, 1.165) is 43.0 Å². The molecule has 0 aliphatic carbocycles. The summed E-state index contributed by atoms with van der Waals surface area (Å²) in [5.74, 6) is 1.56. The average Bonchev–Trinajstić information content (AvgIpc) is 2.77. The van der Waals surface area contributed by atoms with Crippen molar-refractivity contribution in [2.45, 2.75) is 51.6 Å². The number of amides is 1. The van der Waals surface area contributed by atoms with Crippen LogP contribution in [0.1, 0.15) is 62.3 Å². The van der Waals surface area contributed by atoms with Crippen molar-refractivity contribution in [1.82, 2.24) is 10.3 Å². The Kier molecular flexibility index (Phi) is 5.74. The highest BCUT2D eigenvalue weighted by Crippen LogP contribution is 2.44. The molecule has 0 saturated carbocycles. The quantitative estimate of drug-likeness (QED) is 0.811. The van der Waals surface area contributed by atoms with E-state index in [2.05, 4.69) is 53.7 Å². The Morgan fingerprint density at radius 2 is 2.00 bits per heavy atom. The van der Waals surface area contributed by atoms with E-state index in [-0.39, 0.29) is 23.9 Å². The van der Waals surface area contributed by atoms with Gasteiger partial charge in [-0.05, 0) is 68.1 Å². The Morgan fingerprint density at radius 3 is 2.63 bits per heavy atom. The summed E-state index contributed by atoms with van der Waals surface area (Å²) in [5.41, 5.74) is 4.02. The summed E-state index contributed by atoms with van der Waals surface area (Å²) < 4.78 is 0. The van der Waals surface area contributed by atoms with Crippen molar-refractivity contribution < 1.29 is 4.79 Å². The van der Waals surface area contributed by atoms with Gasteiger partial charge in [0.25, 0.3) is 0 Å². The molecule has 6 heteroatoms. The number of piperidine rings is 1. The van der Waals surface area contributed by atoms with E-state index in [4.69, 9.17) is 5.26 Å². The normalized spacial score (nSPS) is 24.1. The van der Waals surface area contributed by atoms with Crippen LogP contribution in [-0.2, 0) is 4.79 Å². The summed E-state index contributed by atoms with van der Waals surface area (Å²) in [7, 11) is 0. The predicted molar refractivity (Wildman–Crippen MR) is 118 cm³/mol. The lowest BCUT2D eigenvalue weighted by molar-refractivity contribution is -0.117. The van der Waals surface area contributed by atoms with Crippen LogP contribution in [0.2, 0.25) is 0 Å². The van der Waals surface area contributed by atoms with Crippen LogP contribution in [0.15, 0.2) is 36.5 Å². The Bertz CT molecular complexity index is 959. The third-order valence-corrected chi connectivity index (χ3v) is 6.69. The number of anilines is 2. The zero-order valence-corrected chi connectivity index (χ0v) is 17.9. The van der Waals surface area contributed by atoms with E-state index in [0.29, 0.717) is 11.5 Å². The molecule has 0 spiro atoms. The first-order valence-electron chi connectivity index (χ1n) is 10.8. The highest BCUT2D eigenvalue weighted by molar-refractivity contribution is 5.94. The molecule has 2 N–H and O–H groups in total. The molecule has 3 heterocycles. The summed E-state index contributed by atoms with van der Waals surface area (Å²) >= 11 is 0. The van der Waals surface area contributed by atoms with Crippen LogP contribution in [0, 0.1) is 17.2 Å². The molecule has 0 unspecified atom stereocenters. The fraction of sp³-hybridized carbons (Fsp3) is 0.458. The first-order chi connectivity index (χ1) is 14.5. The van der Waals surface area contributed by atoms with Crippen LogP contribution in [0.3, 0.4) is 0 Å². The number of fused-ring (bicyclic) bond motifs is 1. The molecule has 2 aliphatic rings. The van der Waals surface area contributed by atoms with Gasteiger partial charge in [0.2, 0.25) is 5.91 Å². The standard InChI is InChI=1S/C24H29N5O/c1-15-16(2)29(17(3)30)22-6-5-20(19-8-10-26-11-9-19)12-21(22)24(15)28-23-7-4-18(13-25)14-27-23/h4-7,12,14-16,19,24,26H,8-11H2,1-3H3,(H,27,28)/t15-,16-,24+/m0/s1. The van der Waals surface area contributed by atoms with E-state index < -0.39 is 0 Å². The van der Waals surface area contributed by atoms with Gasteiger partial charge in [0, 0.05) is 30.8 Å². The second kappa shape index (κ2) is 8.45. The van der Waals surface area contributed by atoms with Crippen molar-refractivity contribution in [3.63, 3.8) is 0 Å². The highest BCUT2D eigenvalue weighted by atomic mass is 16.2. The molecule has 2 aliphatic heterocycles. The summed E-state index contributed by atoms with van der Waals surface area (Å²) in [6.45, 7) is 8.03. The summed E-state index contributed by atoms with van der Waals surface area (Å²) in [4.78, 5) is 18.8. The molecule has 1 aromatic heterocycles. The van der Waals surface area contributed by atoms with Gasteiger partial charge >= 0.3 is 0 Å². The molecular formula is C24H29N5O. The van der Waals surface area contributed by atoms with Gasteiger partial charge < -0.3 is 15.5 Å². The van der Waals surface area contributed by atoms with Crippen molar-refractivity contribution in [2.75, 3.05) is 23.3 Å². The van der Waals surface area contributed by atoms with Crippen molar-refractivity contribution in [3.8, 4) is 6.07 Å². The highest BCUT2D eigenvalue weighted by Gasteiger charge is 2.38. The van der Waals surface area contributed by atoms with Crippen molar-refractivity contribution in [3.05, 3.63) is 53.2 Å². The largest absolute Gasteiger partial charge is 0.363 e. The average molecular weight is 404 g/mol. The van der Waals surface area contributed by atoms with Gasteiger partial charge in [-0.1, -0.05) is 19.1 Å². The fourth-order valence-corrected chi connectivity index (χ4v) is 4.84. The monoisotopic (exact) mass is 403 g/mol. The number of hydrogen-bond donors (Lipinski definition) is 2. The van der Waals surface area contributed by atoms with Crippen LogP contribution < -0.4 is 15.5 Å². The minimum Gasteiger partial charge on any atom is -0.363 e. The van der Waals surface area contributed by atoms with Gasteiger partial charge in [0.15, 0.2) is 0 Å². The molecular weight excluding hydrogens is 374 g/mol. The van der Waals surface area contributed by atoms with Gasteiger partial charge in [0.1, 0.15) is 11.9 Å². The molecule has 1 aromatic carbocycles. The maximum atomic E-state index is 12.5. The molecule has 30 heavy (non-hydrogen) atoms. The minimum absolute atomic E-state index is 0.0349. The number of rotatable bonds is 3. The minimum atomic E-state index is 0.0349. The number of benzene rings is 1. The smallest absolute Gasteiger partial charge is 0.224 e. The van der Waals surface area contributed by atoms with E-state index in [9.17, 15) is 4.79 Å². The van der Waals surface area contributed by atoms with Gasteiger partial charge in [-0.15, -0.1) is 0 Å². The molecule has 6 nitrogen and oxygen atoms in total. The first-order valence-corrected chi connectivity index (χ1v) is 10.8. The Labute approximate surface area is 178 Å².